The van der Waals surface area contributed by atoms with Gasteiger partial charge in [0.2, 0.25) is 5.91 Å². The van der Waals surface area contributed by atoms with Crippen LogP contribution in [-0.2, 0) is 17.8 Å². The summed E-state index contributed by atoms with van der Waals surface area (Å²) in [6.45, 7) is 5.37. The lowest BCUT2D eigenvalue weighted by molar-refractivity contribution is -0.116. The fourth-order valence-electron chi connectivity index (χ4n) is 4.43. The molecule has 1 amide bonds. The van der Waals surface area contributed by atoms with E-state index in [0.29, 0.717) is 12.5 Å². The number of nitrogens with one attached hydrogen (secondary N) is 1. The average Bonchev–Trinajstić information content (AvgIpc) is 3.29. The quantitative estimate of drug-likeness (QED) is 0.596. The van der Waals surface area contributed by atoms with Crippen LogP contribution >= 0.6 is 11.8 Å². The van der Waals surface area contributed by atoms with Crippen LogP contribution in [0.25, 0.3) is 0 Å². The van der Waals surface area contributed by atoms with Gasteiger partial charge in [0.05, 0.1) is 6.10 Å². The molecule has 0 radical (unpaired) electrons. The second-order valence-electron chi connectivity index (χ2n) is 8.70. The zero-order chi connectivity index (χ0) is 21.5. The number of hydrogen-bond acceptors (Lipinski definition) is 4. The first-order valence-corrected chi connectivity index (χ1v) is 12.8. The summed E-state index contributed by atoms with van der Waals surface area (Å²) in [5.74, 6) is 3.42. The number of hydrogen-bond donors (Lipinski definition) is 1. The Bertz CT molecular complexity index is 873. The monoisotopic (exact) mass is 438 g/mol. The molecule has 0 unspecified atom stereocenters. The second-order valence-corrected chi connectivity index (χ2v) is 9.92. The molecule has 0 bridgehead atoms. The molecule has 1 aliphatic heterocycles. The number of rotatable bonds is 8. The summed E-state index contributed by atoms with van der Waals surface area (Å²) in [4.78, 5) is 15.2. The molecule has 2 aromatic rings. The van der Waals surface area contributed by atoms with E-state index in [4.69, 9.17) is 4.74 Å². The zero-order valence-corrected chi connectivity index (χ0v) is 19.4. The third-order valence-electron chi connectivity index (χ3n) is 6.36. The lowest BCUT2D eigenvalue weighted by Crippen LogP contribution is -2.32. The first-order chi connectivity index (χ1) is 15.2. The van der Waals surface area contributed by atoms with Crippen molar-refractivity contribution in [2.24, 2.45) is 0 Å². The molecule has 2 aliphatic rings. The fraction of sp³-hybridized carbons (Fsp3) is 0.500. The third kappa shape index (κ3) is 6.50. The van der Waals surface area contributed by atoms with E-state index in [1.165, 1.54) is 35.5 Å². The van der Waals surface area contributed by atoms with E-state index < -0.39 is 0 Å². The molecule has 1 N–H and O–H groups in total. The van der Waals surface area contributed by atoms with Crippen molar-refractivity contribution < 1.29 is 9.53 Å². The Morgan fingerprint density at radius 2 is 1.90 bits per heavy atom. The number of ether oxygens (including phenoxy) is 1. The number of nitrogens with zero attached hydrogens (tertiary/aromatic N) is 1. The summed E-state index contributed by atoms with van der Waals surface area (Å²) >= 11 is 2.03. The number of amides is 1. The van der Waals surface area contributed by atoms with Crippen LogP contribution in [0, 0.1) is 6.92 Å². The molecule has 2 fully saturated rings. The third-order valence-corrected chi connectivity index (χ3v) is 7.30. The number of benzene rings is 2. The first-order valence-electron chi connectivity index (χ1n) is 11.6. The van der Waals surface area contributed by atoms with Crippen LogP contribution in [0.5, 0.6) is 5.75 Å². The molecular weight excluding hydrogens is 404 g/mol. The van der Waals surface area contributed by atoms with E-state index >= 15 is 0 Å². The molecular formula is C26H34N2O2S. The number of carbonyl (C=O) groups is 1. The van der Waals surface area contributed by atoms with Crippen LogP contribution in [-0.4, -0.2) is 41.5 Å². The van der Waals surface area contributed by atoms with Crippen LogP contribution in [0.3, 0.4) is 0 Å². The molecule has 1 saturated heterocycles. The van der Waals surface area contributed by atoms with Gasteiger partial charge >= 0.3 is 0 Å². The zero-order valence-electron chi connectivity index (χ0n) is 18.6. The van der Waals surface area contributed by atoms with E-state index in [-0.39, 0.29) is 5.91 Å². The highest BCUT2D eigenvalue weighted by Crippen LogP contribution is 2.25. The Kier molecular flexibility index (Phi) is 7.92. The minimum Gasteiger partial charge on any atom is -0.490 e. The molecule has 0 spiro atoms. The van der Waals surface area contributed by atoms with Crippen molar-refractivity contribution in [2.45, 2.75) is 58.1 Å². The van der Waals surface area contributed by atoms with E-state index in [0.717, 1.165) is 55.9 Å². The number of thioether (sulfide) groups is 1. The summed E-state index contributed by atoms with van der Waals surface area (Å²) in [5.41, 5.74) is 4.58. The molecule has 2 aromatic carbocycles. The van der Waals surface area contributed by atoms with Crippen molar-refractivity contribution >= 4 is 23.4 Å². The largest absolute Gasteiger partial charge is 0.490 e. The van der Waals surface area contributed by atoms with Gasteiger partial charge < -0.3 is 10.1 Å². The van der Waals surface area contributed by atoms with Crippen LogP contribution in [0.1, 0.15) is 48.8 Å². The van der Waals surface area contributed by atoms with Gasteiger partial charge in [0.1, 0.15) is 5.75 Å². The number of aryl methyl sites for hydroxylation is 1. The highest BCUT2D eigenvalue weighted by Gasteiger charge is 2.17. The maximum Gasteiger partial charge on any atom is 0.224 e. The standard InChI is InChI=1S/C26H34N2O2S/c1-20-22(19-28-14-16-31-17-15-28)7-5-11-25(20)27-26(29)13-12-21-6-4-10-24(18-21)30-23-8-2-3-9-23/h4-7,10-11,18,23H,2-3,8-9,12-17,19H2,1H3,(H,27,29). The lowest BCUT2D eigenvalue weighted by Gasteiger charge is -2.27. The molecule has 0 atom stereocenters. The molecule has 0 aromatic heterocycles. The highest BCUT2D eigenvalue weighted by atomic mass is 32.2. The van der Waals surface area contributed by atoms with Crippen molar-refractivity contribution in [1.82, 2.24) is 4.90 Å². The first kappa shape index (κ1) is 22.2. The minimum atomic E-state index is 0.0664. The second kappa shape index (κ2) is 11.1. The maximum atomic E-state index is 12.6. The minimum absolute atomic E-state index is 0.0664. The predicted octanol–water partition coefficient (Wildman–Crippen LogP) is 5.44. The van der Waals surface area contributed by atoms with Gasteiger partial charge in [-0.3, -0.25) is 9.69 Å². The molecule has 5 heteroatoms. The van der Waals surface area contributed by atoms with Gasteiger partial charge in [0.25, 0.3) is 0 Å². The molecule has 1 saturated carbocycles. The molecule has 1 aliphatic carbocycles. The molecule has 31 heavy (non-hydrogen) atoms. The van der Waals surface area contributed by atoms with E-state index in [9.17, 15) is 4.79 Å². The van der Waals surface area contributed by atoms with Gasteiger partial charge in [-0.25, -0.2) is 0 Å². The maximum absolute atomic E-state index is 12.6. The molecule has 4 rings (SSSR count). The fourth-order valence-corrected chi connectivity index (χ4v) is 5.41. The Labute approximate surface area is 190 Å². The lowest BCUT2D eigenvalue weighted by atomic mass is 10.1. The number of anilines is 1. The summed E-state index contributed by atoms with van der Waals surface area (Å²) < 4.78 is 6.10. The number of carbonyl (C=O) groups excluding carboxylic acids is 1. The van der Waals surface area contributed by atoms with Crippen LogP contribution < -0.4 is 10.1 Å². The summed E-state index contributed by atoms with van der Waals surface area (Å²) in [6.07, 6.45) is 6.39. The summed E-state index contributed by atoms with van der Waals surface area (Å²) in [7, 11) is 0. The average molecular weight is 439 g/mol. The van der Waals surface area contributed by atoms with E-state index in [1.807, 2.05) is 30.0 Å². The van der Waals surface area contributed by atoms with Gasteiger partial charge in [-0.05, 0) is 73.9 Å². The molecule has 166 valence electrons. The van der Waals surface area contributed by atoms with E-state index in [2.05, 4.69) is 41.4 Å². The van der Waals surface area contributed by atoms with Crippen LogP contribution in [0.15, 0.2) is 42.5 Å². The van der Waals surface area contributed by atoms with E-state index in [1.54, 1.807) is 0 Å². The van der Waals surface area contributed by atoms with Crippen molar-refractivity contribution in [2.75, 3.05) is 29.9 Å². The Hall–Kier alpha value is -1.98. The van der Waals surface area contributed by atoms with Crippen molar-refractivity contribution in [3.05, 3.63) is 59.2 Å². The Morgan fingerprint density at radius 3 is 2.71 bits per heavy atom. The Morgan fingerprint density at radius 1 is 1.13 bits per heavy atom. The topological polar surface area (TPSA) is 41.6 Å². The molecule has 4 nitrogen and oxygen atoms in total. The summed E-state index contributed by atoms with van der Waals surface area (Å²) in [6, 6.07) is 14.5. The van der Waals surface area contributed by atoms with Crippen LogP contribution in [0.4, 0.5) is 5.69 Å². The van der Waals surface area contributed by atoms with Crippen molar-refractivity contribution in [3.63, 3.8) is 0 Å². The van der Waals surface area contributed by atoms with Crippen molar-refractivity contribution in [1.29, 1.82) is 0 Å². The van der Waals surface area contributed by atoms with Gasteiger partial charge in [0.15, 0.2) is 0 Å². The predicted molar refractivity (Wildman–Crippen MR) is 130 cm³/mol. The smallest absolute Gasteiger partial charge is 0.224 e. The van der Waals surface area contributed by atoms with Gasteiger partial charge in [-0.1, -0.05) is 24.3 Å². The SMILES string of the molecule is Cc1c(CN2CCSCC2)cccc1NC(=O)CCc1cccc(OC2CCCC2)c1. The summed E-state index contributed by atoms with van der Waals surface area (Å²) in [5, 5.41) is 3.14. The Balaban J connectivity index is 1.30. The normalized spacial score (nSPS) is 17.6. The highest BCUT2D eigenvalue weighted by molar-refractivity contribution is 7.99. The molecule has 1 heterocycles. The van der Waals surface area contributed by atoms with Gasteiger partial charge in [0, 0.05) is 43.2 Å². The van der Waals surface area contributed by atoms with Gasteiger partial charge in [-0.15, -0.1) is 0 Å². The van der Waals surface area contributed by atoms with Crippen molar-refractivity contribution in [3.8, 4) is 5.75 Å². The van der Waals surface area contributed by atoms with Gasteiger partial charge in [-0.2, -0.15) is 11.8 Å². The van der Waals surface area contributed by atoms with Crippen LogP contribution in [0.2, 0.25) is 0 Å².